The predicted octanol–water partition coefficient (Wildman–Crippen LogP) is 4.75. The number of benzene rings is 1. The minimum absolute atomic E-state index is 0.109. The van der Waals surface area contributed by atoms with Gasteiger partial charge in [0.15, 0.2) is 0 Å². The van der Waals surface area contributed by atoms with Gasteiger partial charge in [0, 0.05) is 60.6 Å². The minimum atomic E-state index is -0.269. The van der Waals surface area contributed by atoms with Crippen LogP contribution in [-0.2, 0) is 18.3 Å². The fourth-order valence-corrected chi connectivity index (χ4v) is 4.70. The molecule has 1 saturated heterocycles. The number of hydrogen-bond donors (Lipinski definition) is 3. The number of carbonyl (C=O) groups is 1. The number of carbonyl (C=O) groups excluding carboxylic acids is 1. The second-order valence-electron chi connectivity index (χ2n) is 10.8. The maximum atomic E-state index is 12.8. The summed E-state index contributed by atoms with van der Waals surface area (Å²) < 4.78 is 0. The van der Waals surface area contributed by atoms with Crippen LogP contribution in [0.1, 0.15) is 54.4 Å². The molecular weight excluding hydrogens is 462 g/mol. The quantitative estimate of drug-likeness (QED) is 0.305. The molecule has 1 atom stereocenters. The number of amides is 1. The van der Waals surface area contributed by atoms with Crippen LogP contribution in [0.15, 0.2) is 55.4 Å². The molecule has 3 aromatic rings. The molecule has 1 fully saturated rings. The van der Waals surface area contributed by atoms with Crippen LogP contribution >= 0.6 is 0 Å². The summed E-state index contributed by atoms with van der Waals surface area (Å²) in [6.07, 6.45) is 8.40. The van der Waals surface area contributed by atoms with Crippen LogP contribution in [0.3, 0.4) is 0 Å². The molecule has 37 heavy (non-hydrogen) atoms. The Balaban J connectivity index is 1.41. The van der Waals surface area contributed by atoms with Crippen molar-refractivity contribution in [2.75, 3.05) is 30.3 Å². The van der Waals surface area contributed by atoms with E-state index in [2.05, 4.69) is 76.4 Å². The van der Waals surface area contributed by atoms with E-state index in [1.807, 2.05) is 12.1 Å². The number of fused-ring (bicyclic) bond motifs is 1. The summed E-state index contributed by atoms with van der Waals surface area (Å²) in [4.78, 5) is 29.1. The lowest BCUT2D eigenvalue weighted by Crippen LogP contribution is -2.26. The molecule has 2 aliphatic rings. The van der Waals surface area contributed by atoms with Gasteiger partial charge < -0.3 is 16.0 Å². The van der Waals surface area contributed by atoms with Crippen molar-refractivity contribution in [1.29, 1.82) is 0 Å². The van der Waals surface area contributed by atoms with E-state index >= 15 is 0 Å². The zero-order chi connectivity index (χ0) is 26.0. The molecule has 3 heterocycles. The first kappa shape index (κ1) is 24.9. The summed E-state index contributed by atoms with van der Waals surface area (Å²) in [7, 11) is 0. The lowest BCUT2D eigenvalue weighted by molar-refractivity contribution is 0.0958. The van der Waals surface area contributed by atoms with E-state index in [9.17, 15) is 4.79 Å². The van der Waals surface area contributed by atoms with E-state index in [-0.39, 0.29) is 11.3 Å². The highest BCUT2D eigenvalue weighted by Gasteiger charge is 2.30. The van der Waals surface area contributed by atoms with Crippen LogP contribution in [0.5, 0.6) is 0 Å². The number of nitrogens with zero attached hydrogens (tertiary/aromatic N) is 4. The molecule has 0 saturated carbocycles. The summed E-state index contributed by atoms with van der Waals surface area (Å²) in [5.74, 6) is 0.574. The number of rotatable bonds is 8. The standard InChI is InChI=1S/C29H35N7O/c1-5-11-31-27(37)24-18-32-28(35-26(24)33-22-10-12-30-25(17-22)29(2,3)4)34-21-8-6-19-7-9-23(36-13-14-36)16-20(19)15-21/h5-6,8,10,12,15,17-18,23H,1,7,9,11,13-14,16H2,2-4H3,(H,31,37)(H2,30,32,33,34,35). The average Bonchev–Trinajstić information content (AvgIpc) is 3.72. The zero-order valence-electron chi connectivity index (χ0n) is 21.8. The Kier molecular flexibility index (Phi) is 6.93. The molecule has 0 radical (unpaired) electrons. The molecule has 5 rings (SSSR count). The van der Waals surface area contributed by atoms with Crippen molar-refractivity contribution >= 4 is 29.0 Å². The average molecular weight is 498 g/mol. The Bertz CT molecular complexity index is 1310. The van der Waals surface area contributed by atoms with Crippen molar-refractivity contribution in [2.24, 2.45) is 0 Å². The Morgan fingerprint density at radius 3 is 2.68 bits per heavy atom. The van der Waals surface area contributed by atoms with Gasteiger partial charge in [0.25, 0.3) is 5.91 Å². The van der Waals surface area contributed by atoms with E-state index in [1.54, 1.807) is 18.5 Å². The lowest BCUT2D eigenvalue weighted by atomic mass is 9.88. The van der Waals surface area contributed by atoms with Crippen molar-refractivity contribution in [1.82, 2.24) is 25.2 Å². The molecule has 192 valence electrons. The van der Waals surface area contributed by atoms with Crippen LogP contribution in [0.25, 0.3) is 0 Å². The van der Waals surface area contributed by atoms with E-state index in [0.717, 1.165) is 29.9 Å². The molecule has 8 heteroatoms. The van der Waals surface area contributed by atoms with Crippen molar-refractivity contribution in [3.63, 3.8) is 0 Å². The highest BCUT2D eigenvalue weighted by molar-refractivity contribution is 5.99. The minimum Gasteiger partial charge on any atom is -0.348 e. The Morgan fingerprint density at radius 1 is 1.11 bits per heavy atom. The lowest BCUT2D eigenvalue weighted by Gasteiger charge is -2.26. The van der Waals surface area contributed by atoms with Gasteiger partial charge in [0.1, 0.15) is 11.4 Å². The number of pyridine rings is 1. The Hall–Kier alpha value is -3.78. The SMILES string of the molecule is C=CCNC(=O)c1cnc(Nc2ccc3c(c2)CC(N2CC2)CC3)nc1Nc1ccnc(C(C)(C)C)c1. The van der Waals surface area contributed by atoms with Crippen molar-refractivity contribution in [2.45, 2.75) is 51.5 Å². The largest absolute Gasteiger partial charge is 0.348 e. The fourth-order valence-electron chi connectivity index (χ4n) is 4.70. The van der Waals surface area contributed by atoms with Crippen LogP contribution in [0.2, 0.25) is 0 Å². The Labute approximate surface area is 218 Å². The molecule has 1 amide bonds. The van der Waals surface area contributed by atoms with Gasteiger partial charge >= 0.3 is 0 Å². The topological polar surface area (TPSA) is 94.8 Å². The maximum Gasteiger partial charge on any atom is 0.256 e. The molecular formula is C29H35N7O. The van der Waals surface area contributed by atoms with Gasteiger partial charge in [-0.05, 0) is 54.7 Å². The molecule has 1 unspecified atom stereocenters. The van der Waals surface area contributed by atoms with E-state index < -0.39 is 0 Å². The summed E-state index contributed by atoms with van der Waals surface area (Å²) in [5.41, 5.74) is 5.75. The highest BCUT2D eigenvalue weighted by atomic mass is 16.1. The smallest absolute Gasteiger partial charge is 0.256 e. The fraction of sp³-hybridized carbons (Fsp3) is 0.379. The molecule has 2 aromatic heterocycles. The van der Waals surface area contributed by atoms with Crippen LogP contribution < -0.4 is 16.0 Å². The second-order valence-corrected chi connectivity index (χ2v) is 10.8. The van der Waals surface area contributed by atoms with E-state index in [0.29, 0.717) is 29.9 Å². The predicted molar refractivity (Wildman–Crippen MR) is 148 cm³/mol. The third-order valence-corrected chi connectivity index (χ3v) is 6.89. The van der Waals surface area contributed by atoms with Gasteiger partial charge in [0.05, 0.1) is 0 Å². The normalized spacial score (nSPS) is 17.0. The van der Waals surface area contributed by atoms with Crippen LogP contribution in [-0.4, -0.2) is 51.4 Å². The first-order valence-electron chi connectivity index (χ1n) is 12.9. The summed E-state index contributed by atoms with van der Waals surface area (Å²) in [6, 6.07) is 11.0. The van der Waals surface area contributed by atoms with Crippen LogP contribution in [0, 0.1) is 0 Å². The Morgan fingerprint density at radius 2 is 1.92 bits per heavy atom. The number of aryl methyl sites for hydroxylation is 1. The van der Waals surface area contributed by atoms with Gasteiger partial charge in [-0.2, -0.15) is 4.98 Å². The molecule has 1 aliphatic carbocycles. The number of aromatic nitrogens is 3. The summed E-state index contributed by atoms with van der Waals surface area (Å²) >= 11 is 0. The monoisotopic (exact) mass is 497 g/mol. The number of nitrogens with one attached hydrogen (secondary N) is 3. The molecule has 0 spiro atoms. The maximum absolute atomic E-state index is 12.8. The van der Waals surface area contributed by atoms with Gasteiger partial charge in [-0.15, -0.1) is 6.58 Å². The zero-order valence-corrected chi connectivity index (χ0v) is 21.8. The van der Waals surface area contributed by atoms with Crippen molar-refractivity contribution < 1.29 is 4.79 Å². The van der Waals surface area contributed by atoms with E-state index in [4.69, 9.17) is 4.98 Å². The van der Waals surface area contributed by atoms with Gasteiger partial charge in [-0.25, -0.2) is 4.98 Å². The third kappa shape index (κ3) is 5.97. The first-order valence-corrected chi connectivity index (χ1v) is 12.9. The summed E-state index contributed by atoms with van der Waals surface area (Å²) in [5, 5.41) is 9.49. The van der Waals surface area contributed by atoms with Gasteiger partial charge in [-0.1, -0.05) is 32.9 Å². The van der Waals surface area contributed by atoms with Crippen molar-refractivity contribution in [3.8, 4) is 0 Å². The number of anilines is 4. The number of hydrogen-bond acceptors (Lipinski definition) is 7. The van der Waals surface area contributed by atoms with E-state index in [1.165, 1.54) is 30.6 Å². The van der Waals surface area contributed by atoms with Gasteiger partial charge in [0.2, 0.25) is 5.95 Å². The molecule has 1 aliphatic heterocycles. The van der Waals surface area contributed by atoms with Crippen molar-refractivity contribution in [3.05, 3.63) is 77.8 Å². The highest BCUT2D eigenvalue weighted by Crippen LogP contribution is 2.31. The second kappa shape index (κ2) is 10.3. The molecule has 0 bridgehead atoms. The van der Waals surface area contributed by atoms with Gasteiger partial charge in [-0.3, -0.25) is 14.7 Å². The molecule has 8 nitrogen and oxygen atoms in total. The summed E-state index contributed by atoms with van der Waals surface area (Å²) in [6.45, 7) is 12.8. The van der Waals surface area contributed by atoms with Crippen LogP contribution in [0.4, 0.5) is 23.1 Å². The molecule has 1 aromatic carbocycles. The first-order chi connectivity index (χ1) is 17.8. The molecule has 3 N–H and O–H groups in total. The third-order valence-electron chi connectivity index (χ3n) is 6.89.